The topological polar surface area (TPSA) is 84.2 Å². The van der Waals surface area contributed by atoms with E-state index < -0.39 is 23.8 Å². The molecule has 1 atom stereocenters. The maximum Gasteiger partial charge on any atom is 0.312 e. The fourth-order valence-electron chi connectivity index (χ4n) is 1.46. The van der Waals surface area contributed by atoms with Crippen LogP contribution in [0.3, 0.4) is 0 Å². The van der Waals surface area contributed by atoms with Gasteiger partial charge in [0.2, 0.25) is 5.91 Å². The molecule has 3 amide bonds. The molecule has 0 spiro atoms. The zero-order valence-electron chi connectivity index (χ0n) is 10.2. The second-order valence-corrected chi connectivity index (χ2v) is 4.20. The number of primary amides is 1. The monoisotopic (exact) mass is 253 g/mol. The molecular weight excluding hydrogens is 237 g/mol. The van der Waals surface area contributed by atoms with Crippen molar-refractivity contribution in [2.75, 3.05) is 5.32 Å². The van der Waals surface area contributed by atoms with Crippen LogP contribution in [-0.2, 0) is 4.79 Å². The van der Waals surface area contributed by atoms with E-state index in [0.717, 1.165) is 0 Å². The van der Waals surface area contributed by atoms with E-state index in [9.17, 15) is 14.0 Å². The molecule has 5 nitrogen and oxygen atoms in total. The van der Waals surface area contributed by atoms with Gasteiger partial charge in [-0.3, -0.25) is 4.79 Å². The number of carbonyl (C=O) groups excluding carboxylic acids is 2. The molecule has 98 valence electrons. The maximum absolute atomic E-state index is 13.4. The van der Waals surface area contributed by atoms with Crippen molar-refractivity contribution in [3.63, 3.8) is 0 Å². The highest BCUT2D eigenvalue weighted by Crippen LogP contribution is 2.14. The van der Waals surface area contributed by atoms with E-state index in [0.29, 0.717) is 0 Å². The summed E-state index contributed by atoms with van der Waals surface area (Å²) in [6, 6.07) is 4.20. The molecule has 6 heteroatoms. The molecule has 1 unspecified atom stereocenters. The molecule has 0 saturated heterocycles. The summed E-state index contributed by atoms with van der Waals surface area (Å²) in [6.07, 6.45) is 0. The van der Waals surface area contributed by atoms with Gasteiger partial charge in [0.25, 0.3) is 0 Å². The SMILES string of the molecule is CC(C)C(NC(N)=O)C(=O)Nc1ccccc1F. The van der Waals surface area contributed by atoms with E-state index in [2.05, 4.69) is 10.6 Å². The molecule has 0 bridgehead atoms. The summed E-state index contributed by atoms with van der Waals surface area (Å²) < 4.78 is 13.4. The zero-order chi connectivity index (χ0) is 13.7. The average molecular weight is 253 g/mol. The summed E-state index contributed by atoms with van der Waals surface area (Å²) in [7, 11) is 0. The first kappa shape index (κ1) is 14.0. The first-order valence-electron chi connectivity index (χ1n) is 5.53. The van der Waals surface area contributed by atoms with Gasteiger partial charge in [-0.15, -0.1) is 0 Å². The van der Waals surface area contributed by atoms with Gasteiger partial charge in [0, 0.05) is 0 Å². The van der Waals surface area contributed by atoms with Crippen LogP contribution in [-0.4, -0.2) is 18.0 Å². The molecule has 4 N–H and O–H groups in total. The molecule has 0 aromatic heterocycles. The van der Waals surface area contributed by atoms with Crippen molar-refractivity contribution in [1.29, 1.82) is 0 Å². The maximum atomic E-state index is 13.4. The van der Waals surface area contributed by atoms with Crippen molar-refractivity contribution in [1.82, 2.24) is 5.32 Å². The fraction of sp³-hybridized carbons (Fsp3) is 0.333. The first-order chi connectivity index (χ1) is 8.41. The molecule has 0 saturated carbocycles. The third-order valence-electron chi connectivity index (χ3n) is 2.38. The number of para-hydroxylation sites is 1. The number of benzene rings is 1. The minimum atomic E-state index is -0.804. The van der Waals surface area contributed by atoms with Gasteiger partial charge in [0.15, 0.2) is 0 Å². The Kier molecular flexibility index (Phi) is 4.65. The summed E-state index contributed by atoms with van der Waals surface area (Å²) in [5.41, 5.74) is 5.06. The molecule has 1 aromatic carbocycles. The number of halogens is 1. The predicted octanol–water partition coefficient (Wildman–Crippen LogP) is 1.46. The number of nitrogens with two attached hydrogens (primary N) is 1. The number of hydrogen-bond donors (Lipinski definition) is 3. The summed E-state index contributed by atoms with van der Waals surface area (Å²) in [4.78, 5) is 22.7. The van der Waals surface area contributed by atoms with E-state index in [-0.39, 0.29) is 11.6 Å². The van der Waals surface area contributed by atoms with Gasteiger partial charge in [-0.25, -0.2) is 9.18 Å². The van der Waals surface area contributed by atoms with Crippen LogP contribution >= 0.6 is 0 Å². The molecule has 0 heterocycles. The lowest BCUT2D eigenvalue weighted by Gasteiger charge is -2.20. The highest BCUT2D eigenvalue weighted by atomic mass is 19.1. The Morgan fingerprint density at radius 1 is 1.28 bits per heavy atom. The minimum Gasteiger partial charge on any atom is -0.352 e. The van der Waals surface area contributed by atoms with Crippen molar-refractivity contribution >= 4 is 17.6 Å². The van der Waals surface area contributed by atoms with Crippen LogP contribution in [0.15, 0.2) is 24.3 Å². The first-order valence-corrected chi connectivity index (χ1v) is 5.53. The van der Waals surface area contributed by atoms with Gasteiger partial charge >= 0.3 is 6.03 Å². The lowest BCUT2D eigenvalue weighted by atomic mass is 10.0. The van der Waals surface area contributed by atoms with Gasteiger partial charge < -0.3 is 16.4 Å². The van der Waals surface area contributed by atoms with Crippen LogP contribution in [0.5, 0.6) is 0 Å². The second-order valence-electron chi connectivity index (χ2n) is 4.20. The Morgan fingerprint density at radius 3 is 2.39 bits per heavy atom. The Morgan fingerprint density at radius 2 is 1.89 bits per heavy atom. The summed E-state index contributed by atoms with van der Waals surface area (Å²) >= 11 is 0. The number of rotatable bonds is 4. The Labute approximate surface area is 105 Å². The molecule has 0 radical (unpaired) electrons. The van der Waals surface area contributed by atoms with Crippen molar-refractivity contribution in [3.05, 3.63) is 30.1 Å². The molecule has 0 aliphatic rings. The van der Waals surface area contributed by atoms with Gasteiger partial charge in [0.05, 0.1) is 5.69 Å². The molecule has 0 aliphatic heterocycles. The number of anilines is 1. The van der Waals surface area contributed by atoms with E-state index in [4.69, 9.17) is 5.73 Å². The van der Waals surface area contributed by atoms with Gasteiger partial charge in [0.1, 0.15) is 11.9 Å². The van der Waals surface area contributed by atoms with Crippen LogP contribution in [0.25, 0.3) is 0 Å². The van der Waals surface area contributed by atoms with Crippen LogP contribution in [0, 0.1) is 11.7 Å². The van der Waals surface area contributed by atoms with Crippen LogP contribution in [0.2, 0.25) is 0 Å². The molecule has 0 fully saturated rings. The smallest absolute Gasteiger partial charge is 0.312 e. The number of carbonyl (C=O) groups is 2. The molecule has 1 rings (SSSR count). The highest BCUT2D eigenvalue weighted by molar-refractivity contribution is 5.97. The number of amides is 3. The average Bonchev–Trinajstić information content (AvgIpc) is 2.28. The van der Waals surface area contributed by atoms with Crippen LogP contribution < -0.4 is 16.4 Å². The molecular formula is C12H16FN3O2. The van der Waals surface area contributed by atoms with Crippen molar-refractivity contribution < 1.29 is 14.0 Å². The Bertz CT molecular complexity index is 449. The molecule has 1 aromatic rings. The lowest BCUT2D eigenvalue weighted by Crippen LogP contribution is -2.49. The van der Waals surface area contributed by atoms with Gasteiger partial charge in [-0.1, -0.05) is 26.0 Å². The van der Waals surface area contributed by atoms with Crippen molar-refractivity contribution in [3.8, 4) is 0 Å². The largest absolute Gasteiger partial charge is 0.352 e. The second kappa shape index (κ2) is 6.00. The van der Waals surface area contributed by atoms with Gasteiger partial charge in [-0.2, -0.15) is 0 Å². The van der Waals surface area contributed by atoms with E-state index in [1.807, 2.05) is 0 Å². The Balaban J connectivity index is 2.79. The van der Waals surface area contributed by atoms with Gasteiger partial charge in [-0.05, 0) is 18.1 Å². The zero-order valence-corrected chi connectivity index (χ0v) is 10.2. The number of nitrogens with one attached hydrogen (secondary N) is 2. The van der Waals surface area contributed by atoms with Crippen molar-refractivity contribution in [2.24, 2.45) is 11.7 Å². The lowest BCUT2D eigenvalue weighted by molar-refractivity contribution is -0.118. The van der Waals surface area contributed by atoms with Crippen molar-refractivity contribution in [2.45, 2.75) is 19.9 Å². The third kappa shape index (κ3) is 3.73. The van der Waals surface area contributed by atoms with Crippen LogP contribution in [0.4, 0.5) is 14.9 Å². The summed E-state index contributed by atoms with van der Waals surface area (Å²) in [5.74, 6) is -1.20. The van der Waals surface area contributed by atoms with E-state index in [1.54, 1.807) is 19.9 Å². The predicted molar refractivity (Wildman–Crippen MR) is 66.4 cm³/mol. The standard InChI is InChI=1S/C12H16FN3O2/c1-7(2)10(16-12(14)18)11(17)15-9-6-4-3-5-8(9)13/h3-7,10H,1-2H3,(H,15,17)(H3,14,16,18). The Hall–Kier alpha value is -2.11. The number of hydrogen-bond acceptors (Lipinski definition) is 2. The summed E-state index contributed by atoms with van der Waals surface area (Å²) in [5, 5.41) is 4.74. The molecule has 0 aliphatic carbocycles. The van der Waals surface area contributed by atoms with E-state index >= 15 is 0 Å². The fourth-order valence-corrected chi connectivity index (χ4v) is 1.46. The number of urea groups is 1. The van der Waals surface area contributed by atoms with E-state index in [1.165, 1.54) is 18.2 Å². The minimum absolute atomic E-state index is 0.0689. The highest BCUT2D eigenvalue weighted by Gasteiger charge is 2.23. The normalized spacial score (nSPS) is 12.0. The summed E-state index contributed by atoms with van der Waals surface area (Å²) in [6.45, 7) is 3.50. The van der Waals surface area contributed by atoms with Crippen LogP contribution in [0.1, 0.15) is 13.8 Å². The quantitative estimate of drug-likeness (QED) is 0.759. The third-order valence-corrected chi connectivity index (χ3v) is 2.38. The molecule has 18 heavy (non-hydrogen) atoms.